The Labute approximate surface area is 173 Å². The molecule has 0 atom stereocenters. The SMILES string of the molecule is C/C=C/CCc1cc(F)c(C(=O)Oc2ccc3c(F)c(C(F)(F)F)ccc3c2)c(F)c1. The third kappa shape index (κ3) is 4.90. The maximum absolute atomic E-state index is 14.3. The average molecular weight is 438 g/mol. The van der Waals surface area contributed by atoms with Gasteiger partial charge in [-0.1, -0.05) is 18.2 Å². The monoisotopic (exact) mass is 438 g/mol. The molecule has 0 aromatic heterocycles. The van der Waals surface area contributed by atoms with Crippen molar-refractivity contribution in [3.8, 4) is 5.75 Å². The van der Waals surface area contributed by atoms with Crippen molar-refractivity contribution >= 4 is 16.7 Å². The first-order valence-electron chi connectivity index (χ1n) is 9.22. The zero-order chi connectivity index (χ0) is 22.8. The highest BCUT2D eigenvalue weighted by Gasteiger charge is 2.34. The normalized spacial score (nSPS) is 12.0. The van der Waals surface area contributed by atoms with E-state index in [0.29, 0.717) is 24.5 Å². The molecule has 2 nitrogen and oxygen atoms in total. The van der Waals surface area contributed by atoms with Crippen LogP contribution in [0.4, 0.5) is 26.3 Å². The number of rotatable bonds is 5. The van der Waals surface area contributed by atoms with Gasteiger partial charge in [0.1, 0.15) is 28.8 Å². The molecule has 162 valence electrons. The molecule has 0 fully saturated rings. The van der Waals surface area contributed by atoms with E-state index in [2.05, 4.69) is 0 Å². The van der Waals surface area contributed by atoms with Gasteiger partial charge >= 0.3 is 12.1 Å². The first kappa shape index (κ1) is 22.4. The standard InChI is InChI=1S/C23H16F6O2/c1-2-3-4-5-13-10-18(24)20(19(25)11-13)22(30)31-15-7-8-16-14(12-15)6-9-17(21(16)26)23(27,28)29/h2-3,6-12H,4-5H2,1H3/b3-2+. The van der Waals surface area contributed by atoms with Crippen LogP contribution >= 0.6 is 0 Å². The molecule has 0 saturated carbocycles. The van der Waals surface area contributed by atoms with Gasteiger partial charge in [-0.15, -0.1) is 0 Å². The van der Waals surface area contributed by atoms with Gasteiger partial charge in [0.15, 0.2) is 0 Å². The molecule has 0 aliphatic carbocycles. The Morgan fingerprint density at radius 2 is 1.68 bits per heavy atom. The summed E-state index contributed by atoms with van der Waals surface area (Å²) < 4.78 is 86.2. The molecule has 0 aliphatic heterocycles. The molecular weight excluding hydrogens is 422 g/mol. The molecule has 0 amide bonds. The molecule has 0 unspecified atom stereocenters. The first-order chi connectivity index (χ1) is 14.6. The van der Waals surface area contributed by atoms with Crippen LogP contribution in [-0.2, 0) is 12.6 Å². The Hall–Kier alpha value is -3.29. The Morgan fingerprint density at radius 1 is 1.00 bits per heavy atom. The molecule has 31 heavy (non-hydrogen) atoms. The predicted molar refractivity (Wildman–Crippen MR) is 103 cm³/mol. The maximum Gasteiger partial charge on any atom is 0.419 e. The van der Waals surface area contributed by atoms with E-state index in [4.69, 9.17) is 4.74 Å². The first-order valence-corrected chi connectivity index (χ1v) is 9.22. The van der Waals surface area contributed by atoms with Crippen molar-refractivity contribution in [2.75, 3.05) is 0 Å². The van der Waals surface area contributed by atoms with E-state index in [0.717, 1.165) is 36.4 Å². The average Bonchev–Trinajstić information content (AvgIpc) is 2.67. The number of hydrogen-bond donors (Lipinski definition) is 0. The number of hydrogen-bond acceptors (Lipinski definition) is 2. The summed E-state index contributed by atoms with van der Waals surface area (Å²) in [4.78, 5) is 12.3. The number of carbonyl (C=O) groups excluding carboxylic acids is 1. The van der Waals surface area contributed by atoms with Gasteiger partial charge in [-0.05, 0) is 67.1 Å². The fraction of sp³-hybridized carbons (Fsp3) is 0.174. The summed E-state index contributed by atoms with van der Waals surface area (Å²) in [7, 11) is 0. The summed E-state index contributed by atoms with van der Waals surface area (Å²) in [5, 5.41) is -0.312. The number of halogens is 6. The number of allylic oxidation sites excluding steroid dienone is 2. The third-order valence-electron chi connectivity index (χ3n) is 4.58. The van der Waals surface area contributed by atoms with E-state index < -0.39 is 40.7 Å². The van der Waals surface area contributed by atoms with Gasteiger partial charge in [-0.3, -0.25) is 0 Å². The minimum atomic E-state index is -4.86. The Morgan fingerprint density at radius 3 is 2.29 bits per heavy atom. The van der Waals surface area contributed by atoms with E-state index in [1.165, 1.54) is 0 Å². The molecule has 3 aromatic carbocycles. The highest BCUT2D eigenvalue weighted by molar-refractivity contribution is 5.93. The van der Waals surface area contributed by atoms with Crippen LogP contribution in [-0.4, -0.2) is 5.97 Å². The van der Waals surface area contributed by atoms with E-state index in [1.54, 1.807) is 6.08 Å². The van der Waals surface area contributed by atoms with Crippen molar-refractivity contribution in [3.05, 3.63) is 88.8 Å². The van der Waals surface area contributed by atoms with Crippen molar-refractivity contribution in [1.29, 1.82) is 0 Å². The van der Waals surface area contributed by atoms with Crippen LogP contribution in [0.1, 0.15) is 34.8 Å². The number of carbonyl (C=O) groups is 1. The summed E-state index contributed by atoms with van der Waals surface area (Å²) in [6.45, 7) is 1.82. The van der Waals surface area contributed by atoms with Crippen molar-refractivity contribution in [2.24, 2.45) is 0 Å². The van der Waals surface area contributed by atoms with Gasteiger partial charge in [0.25, 0.3) is 0 Å². The number of fused-ring (bicyclic) bond motifs is 1. The van der Waals surface area contributed by atoms with Gasteiger partial charge < -0.3 is 4.74 Å². The molecule has 0 bridgehead atoms. The molecule has 0 spiro atoms. The van der Waals surface area contributed by atoms with Crippen molar-refractivity contribution in [1.82, 2.24) is 0 Å². The fourth-order valence-electron chi connectivity index (χ4n) is 3.09. The molecule has 8 heteroatoms. The zero-order valence-electron chi connectivity index (χ0n) is 16.2. The minimum Gasteiger partial charge on any atom is -0.423 e. The van der Waals surface area contributed by atoms with Crippen LogP contribution in [0.3, 0.4) is 0 Å². The van der Waals surface area contributed by atoms with E-state index in [1.807, 2.05) is 13.0 Å². The number of alkyl halides is 3. The quantitative estimate of drug-likeness (QED) is 0.186. The fourth-order valence-corrected chi connectivity index (χ4v) is 3.09. The number of ether oxygens (including phenoxy) is 1. The Bertz CT molecular complexity index is 1140. The van der Waals surface area contributed by atoms with Crippen LogP contribution in [0.5, 0.6) is 5.75 Å². The summed E-state index contributed by atoms with van der Waals surface area (Å²) in [6.07, 6.45) is -0.278. The summed E-state index contributed by atoms with van der Waals surface area (Å²) in [5.41, 5.74) is -1.96. The van der Waals surface area contributed by atoms with Crippen LogP contribution in [0, 0.1) is 17.5 Å². The van der Waals surface area contributed by atoms with Crippen LogP contribution in [0.2, 0.25) is 0 Å². The molecule has 3 aromatic rings. The Balaban J connectivity index is 1.86. The second-order valence-electron chi connectivity index (χ2n) is 6.74. The smallest absolute Gasteiger partial charge is 0.419 e. The highest BCUT2D eigenvalue weighted by Crippen LogP contribution is 2.35. The molecule has 0 N–H and O–H groups in total. The lowest BCUT2D eigenvalue weighted by Gasteiger charge is -2.11. The van der Waals surface area contributed by atoms with Gasteiger partial charge in [0, 0.05) is 5.39 Å². The van der Waals surface area contributed by atoms with Crippen molar-refractivity contribution < 1.29 is 35.9 Å². The second kappa shape index (κ2) is 8.83. The second-order valence-corrected chi connectivity index (χ2v) is 6.74. The van der Waals surface area contributed by atoms with Gasteiger partial charge in [0.2, 0.25) is 0 Å². The maximum atomic E-state index is 14.3. The van der Waals surface area contributed by atoms with Gasteiger partial charge in [-0.25, -0.2) is 18.0 Å². The van der Waals surface area contributed by atoms with Crippen LogP contribution in [0.15, 0.2) is 54.6 Å². The van der Waals surface area contributed by atoms with Gasteiger partial charge in [0.05, 0.1) is 5.56 Å². The lowest BCUT2D eigenvalue weighted by Crippen LogP contribution is -2.14. The largest absolute Gasteiger partial charge is 0.423 e. The zero-order valence-corrected chi connectivity index (χ0v) is 16.2. The number of benzene rings is 3. The van der Waals surface area contributed by atoms with Crippen LogP contribution < -0.4 is 4.74 Å². The minimum absolute atomic E-state index is 0.0241. The van der Waals surface area contributed by atoms with Crippen LogP contribution in [0.25, 0.3) is 10.8 Å². The van der Waals surface area contributed by atoms with E-state index in [-0.39, 0.29) is 16.5 Å². The lowest BCUT2D eigenvalue weighted by atomic mass is 10.0. The van der Waals surface area contributed by atoms with Crippen molar-refractivity contribution in [3.63, 3.8) is 0 Å². The summed E-state index contributed by atoms with van der Waals surface area (Å²) in [5.74, 6) is -5.17. The third-order valence-corrected chi connectivity index (χ3v) is 4.58. The molecular formula is C23H16F6O2. The molecule has 3 rings (SSSR count). The topological polar surface area (TPSA) is 26.3 Å². The lowest BCUT2D eigenvalue weighted by molar-refractivity contribution is -0.139. The van der Waals surface area contributed by atoms with Gasteiger partial charge in [-0.2, -0.15) is 13.2 Å². The Kier molecular flexibility index (Phi) is 6.38. The van der Waals surface area contributed by atoms with Crippen molar-refractivity contribution in [2.45, 2.75) is 25.9 Å². The molecule has 0 saturated heterocycles. The molecule has 0 heterocycles. The molecule has 0 radical (unpaired) electrons. The summed E-state index contributed by atoms with van der Waals surface area (Å²) >= 11 is 0. The van der Waals surface area contributed by atoms with E-state index >= 15 is 0 Å². The highest BCUT2D eigenvalue weighted by atomic mass is 19.4. The number of esters is 1. The number of aryl methyl sites for hydroxylation is 1. The predicted octanol–water partition coefficient (Wildman–Crippen LogP) is 7.00. The van der Waals surface area contributed by atoms with E-state index in [9.17, 15) is 31.1 Å². The summed E-state index contributed by atoms with van der Waals surface area (Å²) in [6, 6.07) is 6.81. The molecule has 0 aliphatic rings.